The summed E-state index contributed by atoms with van der Waals surface area (Å²) in [7, 11) is 0. The van der Waals surface area contributed by atoms with Crippen LogP contribution in [-0.2, 0) is 0 Å². The van der Waals surface area contributed by atoms with Crippen LogP contribution < -0.4 is 0 Å². The van der Waals surface area contributed by atoms with Gasteiger partial charge in [-0.25, -0.2) is 0 Å². The van der Waals surface area contributed by atoms with Crippen LogP contribution in [-0.4, -0.2) is 0 Å². The summed E-state index contributed by atoms with van der Waals surface area (Å²) in [5, 5.41) is 2.94. The van der Waals surface area contributed by atoms with Gasteiger partial charge in [0.15, 0.2) is 0 Å². The first-order valence-corrected chi connectivity index (χ1v) is 5.53. The molecule has 0 aliphatic rings. The van der Waals surface area contributed by atoms with Crippen LogP contribution in [0.3, 0.4) is 0 Å². The van der Waals surface area contributed by atoms with Crippen molar-refractivity contribution in [1.29, 1.82) is 0 Å². The molecule has 0 nitrogen and oxygen atoms in total. The summed E-state index contributed by atoms with van der Waals surface area (Å²) in [5.41, 5.74) is 0. The molecule has 0 aliphatic heterocycles. The number of fused-ring (bicyclic) bond motifs is 3. The summed E-state index contributed by atoms with van der Waals surface area (Å²) in [6.07, 6.45) is 0. The highest BCUT2D eigenvalue weighted by molar-refractivity contribution is 7.25. The van der Waals surface area contributed by atoms with Crippen LogP contribution in [0.15, 0.2) is 42.4 Å². The van der Waals surface area contributed by atoms with Gasteiger partial charge in [0.2, 0.25) is 0 Å². The molecule has 68 valence electrons. The fraction of sp³-hybridized carbons (Fsp3) is 0. The summed E-state index contributed by atoms with van der Waals surface area (Å²) < 4.78 is 10.00. The summed E-state index contributed by atoms with van der Waals surface area (Å²) in [4.78, 5) is 0. The Labute approximate surface area is 92.1 Å². The van der Waals surface area contributed by atoms with Gasteiger partial charge in [0, 0.05) is 25.2 Å². The van der Waals surface area contributed by atoms with E-state index in [1.807, 2.05) is 36.4 Å². The molecule has 3 aromatic rings. The molecular weight excluding hydrogens is 212 g/mol. The van der Waals surface area contributed by atoms with Crippen molar-refractivity contribution >= 4 is 43.1 Å². The van der Waals surface area contributed by atoms with Gasteiger partial charge in [-0.2, -0.15) is 0 Å². The first kappa shape index (κ1) is 7.27. The van der Waals surface area contributed by atoms with E-state index in [9.17, 15) is 0 Å². The lowest BCUT2D eigenvalue weighted by atomic mass is 10.1. The molecule has 0 N–H and O–H groups in total. The molecule has 0 amide bonds. The number of rotatable bonds is 0. The minimum Gasteiger partial charge on any atom is -0.135 e. The average molecular weight is 220 g/mol. The van der Waals surface area contributed by atoms with Crippen LogP contribution in [0.5, 0.6) is 0 Å². The number of halogens is 1. The van der Waals surface area contributed by atoms with Gasteiger partial charge < -0.3 is 0 Å². The van der Waals surface area contributed by atoms with Crippen molar-refractivity contribution in [1.82, 2.24) is 0 Å². The van der Waals surface area contributed by atoms with Gasteiger partial charge in [-0.15, -0.1) is 11.3 Å². The monoisotopic (exact) mass is 219 g/mol. The van der Waals surface area contributed by atoms with Crippen LogP contribution in [0, 0.1) is 0 Å². The van der Waals surface area contributed by atoms with Crippen LogP contribution in [0.4, 0.5) is 0 Å². The maximum atomic E-state index is 7.83. The molecule has 1 aromatic heterocycles. The number of hydrogen-bond donors (Lipinski definition) is 0. The second-order valence-corrected chi connectivity index (χ2v) is 4.59. The van der Waals surface area contributed by atoms with E-state index in [0.29, 0.717) is 6.04 Å². The third kappa shape index (κ3) is 1.06. The van der Waals surface area contributed by atoms with Crippen LogP contribution in [0.2, 0.25) is 5.02 Å². The zero-order chi connectivity index (χ0) is 10.4. The Morgan fingerprint density at radius 3 is 2.93 bits per heavy atom. The lowest BCUT2D eigenvalue weighted by Gasteiger charge is -1.93. The molecule has 0 unspecified atom stereocenters. The van der Waals surface area contributed by atoms with Crippen LogP contribution in [0.1, 0.15) is 1.37 Å². The maximum absolute atomic E-state index is 7.83. The molecule has 2 heteroatoms. The zero-order valence-corrected chi connectivity index (χ0v) is 8.82. The van der Waals surface area contributed by atoms with Gasteiger partial charge >= 0.3 is 0 Å². The first-order chi connectivity index (χ1) is 7.27. The third-order valence-electron chi connectivity index (χ3n) is 2.27. The molecule has 14 heavy (non-hydrogen) atoms. The van der Waals surface area contributed by atoms with Crippen molar-refractivity contribution < 1.29 is 1.37 Å². The van der Waals surface area contributed by atoms with Crippen LogP contribution >= 0.6 is 22.9 Å². The molecule has 1 heterocycles. The first-order valence-electron chi connectivity index (χ1n) is 4.84. The van der Waals surface area contributed by atoms with Crippen molar-refractivity contribution in [3.05, 3.63) is 47.5 Å². The van der Waals surface area contributed by atoms with Crippen LogP contribution in [0.25, 0.3) is 20.2 Å². The lowest BCUT2D eigenvalue weighted by Crippen LogP contribution is -1.67. The van der Waals surface area contributed by atoms with Crippen molar-refractivity contribution in [2.24, 2.45) is 0 Å². The predicted molar refractivity (Wildman–Crippen MR) is 64.3 cm³/mol. The Balaban J connectivity index is 2.65. The molecule has 0 saturated carbocycles. The molecule has 0 bridgehead atoms. The highest BCUT2D eigenvalue weighted by Gasteiger charge is 2.06. The molecule has 0 saturated heterocycles. The molecule has 0 radical (unpaired) electrons. The Morgan fingerprint density at radius 2 is 2.00 bits per heavy atom. The number of thiophene rings is 1. The summed E-state index contributed by atoms with van der Waals surface area (Å²) in [6, 6.07) is 12.2. The highest BCUT2D eigenvalue weighted by atomic mass is 35.5. The van der Waals surface area contributed by atoms with Gasteiger partial charge in [-0.05, 0) is 18.2 Å². The average Bonchev–Trinajstić information content (AvgIpc) is 2.59. The predicted octanol–water partition coefficient (Wildman–Crippen LogP) is 4.71. The van der Waals surface area contributed by atoms with Gasteiger partial charge in [-0.3, -0.25) is 0 Å². The van der Waals surface area contributed by atoms with E-state index in [0.717, 1.165) is 25.2 Å². The molecule has 0 fully saturated rings. The lowest BCUT2D eigenvalue weighted by molar-refractivity contribution is 1.84. The van der Waals surface area contributed by atoms with Gasteiger partial charge in [-0.1, -0.05) is 35.9 Å². The Morgan fingerprint density at radius 1 is 1.07 bits per heavy atom. The standard InChI is InChI=1S/C12H7ClS/c13-9-5-3-7-11-12(9)8-4-1-2-6-10(8)14-11/h1-7H/i6D. The van der Waals surface area contributed by atoms with Gasteiger partial charge in [0.05, 0.1) is 1.37 Å². The second-order valence-electron chi connectivity index (χ2n) is 3.13. The minimum absolute atomic E-state index is 0.574. The fourth-order valence-corrected chi connectivity index (χ4v) is 3.09. The summed E-state index contributed by atoms with van der Waals surface area (Å²) in [6.45, 7) is 0. The molecule has 3 rings (SSSR count). The SMILES string of the molecule is [2H]c1cccc2c1sc1cccc(Cl)c12. The van der Waals surface area contributed by atoms with Crippen molar-refractivity contribution in [2.45, 2.75) is 0 Å². The van der Waals surface area contributed by atoms with Crippen molar-refractivity contribution in [2.75, 3.05) is 0 Å². The zero-order valence-electron chi connectivity index (χ0n) is 8.25. The van der Waals surface area contributed by atoms with Crippen molar-refractivity contribution in [3.63, 3.8) is 0 Å². The largest absolute Gasteiger partial charge is 0.135 e. The van der Waals surface area contributed by atoms with E-state index in [-0.39, 0.29) is 0 Å². The molecule has 2 aromatic carbocycles. The summed E-state index contributed by atoms with van der Waals surface area (Å²) >= 11 is 7.81. The van der Waals surface area contributed by atoms with E-state index >= 15 is 0 Å². The smallest absolute Gasteiger partial charge is 0.0638 e. The molecule has 0 spiro atoms. The fourth-order valence-electron chi connectivity index (χ4n) is 1.66. The van der Waals surface area contributed by atoms with E-state index < -0.39 is 0 Å². The Hall–Kier alpha value is -1.05. The Kier molecular flexibility index (Phi) is 1.54. The van der Waals surface area contributed by atoms with Gasteiger partial charge in [0.25, 0.3) is 0 Å². The number of benzene rings is 2. The summed E-state index contributed by atoms with van der Waals surface area (Å²) in [5.74, 6) is 0. The van der Waals surface area contributed by atoms with E-state index in [1.165, 1.54) is 0 Å². The highest BCUT2D eigenvalue weighted by Crippen LogP contribution is 2.37. The Bertz CT molecular complexity index is 657. The van der Waals surface area contributed by atoms with Gasteiger partial charge in [0.1, 0.15) is 0 Å². The molecular formula is C12H7ClS. The number of hydrogen-bond acceptors (Lipinski definition) is 1. The second kappa shape index (κ2) is 2.97. The topological polar surface area (TPSA) is 0 Å². The normalized spacial score (nSPS) is 12.2. The maximum Gasteiger partial charge on any atom is 0.0638 e. The van der Waals surface area contributed by atoms with E-state index in [4.69, 9.17) is 13.0 Å². The van der Waals surface area contributed by atoms with Crippen molar-refractivity contribution in [3.8, 4) is 0 Å². The molecule has 0 atom stereocenters. The van der Waals surface area contributed by atoms with E-state index in [2.05, 4.69) is 0 Å². The third-order valence-corrected chi connectivity index (χ3v) is 3.69. The minimum atomic E-state index is 0.574. The quantitative estimate of drug-likeness (QED) is 0.514. The van der Waals surface area contributed by atoms with E-state index in [1.54, 1.807) is 11.3 Å². The molecule has 0 aliphatic carbocycles.